The van der Waals surface area contributed by atoms with E-state index in [1.165, 1.54) is 37.2 Å². The zero-order valence-electron chi connectivity index (χ0n) is 50.0. The highest BCUT2D eigenvalue weighted by atomic mass is 79.9. The third kappa shape index (κ3) is 24.0. The van der Waals surface area contributed by atoms with Gasteiger partial charge in [0.15, 0.2) is 0 Å². The van der Waals surface area contributed by atoms with E-state index in [0.29, 0.717) is 5.56 Å². The van der Waals surface area contributed by atoms with Crippen molar-refractivity contribution in [2.75, 3.05) is 17.2 Å². The number of aryl methyl sites for hydroxylation is 2. The summed E-state index contributed by atoms with van der Waals surface area (Å²) in [6, 6.07) is 81.7. The Kier molecular flexibility index (Phi) is 31.3. The van der Waals surface area contributed by atoms with Crippen LogP contribution in [0.1, 0.15) is 71.0 Å². The average molecular weight is 1450 g/mol. The Morgan fingerprint density at radius 2 is 0.811 bits per heavy atom. The number of carbonyl (C=O) groups excluding carboxylic acids is 1. The smallest absolute Gasteiger partial charge is 0.150 e. The number of aromatic nitrogens is 2. The van der Waals surface area contributed by atoms with E-state index in [1.54, 1.807) is 69.4 Å². The fraction of sp³-hybridized carbons (Fsp3) is 0.160. The van der Waals surface area contributed by atoms with Crippen molar-refractivity contribution in [3.05, 3.63) is 273 Å². The SMILES string of the molecule is Brc1ccc(-c2nc3ccccc3s2)cc1.C.C.CC(C)(O)C(C)(C)O.CCO.Cc1ccc(N(c2ccc(C)cc2)c2ccc(-c3ccc(Br)cc3)cc2)cc1.Nc1ccccc1S.O=Cc1ccc(Br)cc1.[B]c1ccc(-c2nc3ccccc3s2)cc1. The molecule has 0 aliphatic heterocycles. The van der Waals surface area contributed by atoms with Gasteiger partial charge in [-0.25, -0.2) is 9.97 Å². The molecule has 2 radical (unpaired) electrons. The topological polar surface area (TPSA) is 133 Å². The van der Waals surface area contributed by atoms with Crippen LogP contribution in [0.15, 0.2) is 261 Å². The summed E-state index contributed by atoms with van der Waals surface area (Å²) < 4.78 is 5.64. The number of benzene rings is 10. The van der Waals surface area contributed by atoms with Crippen molar-refractivity contribution >= 4 is 146 Å². The number of carbonyl (C=O) groups is 1. The van der Waals surface area contributed by atoms with Gasteiger partial charge in [0.25, 0.3) is 0 Å². The molecule has 0 spiro atoms. The number of fused-ring (bicyclic) bond motifs is 2. The van der Waals surface area contributed by atoms with Gasteiger partial charge in [0, 0.05) is 64.4 Å². The van der Waals surface area contributed by atoms with Crippen molar-refractivity contribution in [3.63, 3.8) is 0 Å². The Morgan fingerprint density at radius 3 is 1.14 bits per heavy atom. The normalized spacial score (nSPS) is 10.3. The summed E-state index contributed by atoms with van der Waals surface area (Å²) in [5.74, 6) is 0. The standard InChI is InChI=1S/C26H22BrN.C13H8BNS.C13H8BrNS.C7H5BrO.C6H7NS.C6H14O2.C2H6O.2CH4/c1-19-3-13-24(14-4-19)28(25-15-5-20(2)6-16-25)26-17-9-22(10-18-26)21-7-11-23(27)12-8-21;2*14-10-7-5-9(6-8-10)13-15-11-3-1-2-4-12(11)16-13;8-7-3-1-6(5-9)2-4-7;7-5-3-1-2-4-6(5)8;1-5(2,7)6(3,4)8;1-2-3;;/h3-18H,1-2H3;2*1-8H;1-5H;1-4,8H,7H2;7-8H,1-4H3;3H,2H2,1H3;2*1H4. The molecule has 90 heavy (non-hydrogen) atoms. The number of para-hydroxylation sites is 3. The largest absolute Gasteiger partial charge is 0.398 e. The van der Waals surface area contributed by atoms with Crippen molar-refractivity contribution in [2.24, 2.45) is 0 Å². The minimum Gasteiger partial charge on any atom is -0.398 e. The molecule has 0 fully saturated rings. The first-order chi connectivity index (χ1) is 42.0. The minimum absolute atomic E-state index is 0. The van der Waals surface area contributed by atoms with Gasteiger partial charge >= 0.3 is 0 Å². The summed E-state index contributed by atoms with van der Waals surface area (Å²) in [4.78, 5) is 22.4. The van der Waals surface area contributed by atoms with Crippen molar-refractivity contribution < 1.29 is 20.1 Å². The van der Waals surface area contributed by atoms with Gasteiger partial charge in [0.2, 0.25) is 0 Å². The molecule has 8 nitrogen and oxygen atoms in total. The van der Waals surface area contributed by atoms with Gasteiger partial charge in [-0.15, -0.1) is 35.3 Å². The first-order valence-electron chi connectivity index (χ1n) is 28.0. The molecular weight excluding hydrogens is 1370 g/mol. The zero-order valence-corrected chi connectivity index (χ0v) is 57.3. The second-order valence-corrected chi connectivity index (χ2v) is 26.1. The van der Waals surface area contributed by atoms with Crippen LogP contribution in [0.5, 0.6) is 0 Å². The van der Waals surface area contributed by atoms with Crippen LogP contribution in [0.25, 0.3) is 52.7 Å². The van der Waals surface area contributed by atoms with Crippen molar-refractivity contribution in [2.45, 2.75) is 79.4 Å². The van der Waals surface area contributed by atoms with E-state index in [2.05, 4.69) is 210 Å². The third-order valence-electron chi connectivity index (χ3n) is 13.2. The molecule has 0 amide bonds. The van der Waals surface area contributed by atoms with E-state index in [0.717, 1.165) is 79.4 Å². The summed E-state index contributed by atoms with van der Waals surface area (Å²) in [7, 11) is 5.66. The Morgan fingerprint density at radius 1 is 0.500 bits per heavy atom. The molecule has 464 valence electrons. The Balaban J connectivity index is 0.000000242. The number of nitrogens with zero attached hydrogens (tertiary/aromatic N) is 3. The minimum atomic E-state index is -1.01. The van der Waals surface area contributed by atoms with Crippen molar-refractivity contribution in [1.29, 1.82) is 0 Å². The number of hydrogen-bond donors (Lipinski definition) is 5. The van der Waals surface area contributed by atoms with Gasteiger partial charge < -0.3 is 26.0 Å². The predicted molar refractivity (Wildman–Crippen MR) is 403 cm³/mol. The highest BCUT2D eigenvalue weighted by molar-refractivity contribution is 9.11. The molecule has 0 unspecified atom stereocenters. The number of rotatable bonds is 8. The molecule has 2 aromatic heterocycles. The van der Waals surface area contributed by atoms with E-state index >= 15 is 0 Å². The fourth-order valence-corrected chi connectivity index (χ4v) is 10.4. The lowest BCUT2D eigenvalue weighted by molar-refractivity contribution is -0.107. The first-order valence-corrected chi connectivity index (χ1v) is 32.4. The second kappa shape index (κ2) is 37.3. The summed E-state index contributed by atoms with van der Waals surface area (Å²) in [6.07, 6.45) is 0.826. The molecule has 2 heterocycles. The number of anilines is 4. The number of nitrogen functional groups attached to an aromatic ring is 1. The number of nitrogens with two attached hydrogens (primary N) is 1. The fourth-order valence-electron chi connectivity index (χ4n) is 7.52. The maximum absolute atomic E-state index is 10.1. The predicted octanol–water partition coefficient (Wildman–Crippen LogP) is 21.3. The monoisotopic (exact) mass is 1440 g/mol. The second-order valence-electron chi connectivity index (χ2n) is 20.8. The van der Waals surface area contributed by atoms with Crippen LogP contribution >= 0.6 is 83.1 Å². The van der Waals surface area contributed by atoms with Crippen LogP contribution in [0, 0.1) is 13.8 Å². The number of halogens is 3. The van der Waals surface area contributed by atoms with Gasteiger partial charge in [-0.3, -0.25) is 4.79 Å². The van der Waals surface area contributed by atoms with E-state index in [9.17, 15) is 4.79 Å². The summed E-state index contributed by atoms with van der Waals surface area (Å²) in [5, 5.41) is 27.9. The molecule has 15 heteroatoms. The zero-order chi connectivity index (χ0) is 63.8. The molecule has 0 saturated heterocycles. The van der Waals surface area contributed by atoms with E-state index < -0.39 is 11.2 Å². The van der Waals surface area contributed by atoms with Crippen LogP contribution in [0.3, 0.4) is 0 Å². The maximum Gasteiger partial charge on any atom is 0.150 e. The highest BCUT2D eigenvalue weighted by Gasteiger charge is 2.32. The molecule has 10 aromatic carbocycles. The van der Waals surface area contributed by atoms with Gasteiger partial charge in [-0.05, 0) is 169 Å². The van der Waals surface area contributed by atoms with Crippen LogP contribution in [-0.2, 0) is 0 Å². The molecule has 12 rings (SSSR count). The quantitative estimate of drug-likeness (QED) is 0.0440. The number of aliphatic hydroxyl groups is 3. The third-order valence-corrected chi connectivity index (χ3v) is 17.3. The van der Waals surface area contributed by atoms with Gasteiger partial charge in [0.05, 0.1) is 31.6 Å². The number of aldehydes is 1. The van der Waals surface area contributed by atoms with Crippen LogP contribution in [0.2, 0.25) is 0 Å². The van der Waals surface area contributed by atoms with Crippen LogP contribution in [0.4, 0.5) is 22.7 Å². The average Bonchev–Trinajstić information content (AvgIpc) is 2.38. The van der Waals surface area contributed by atoms with E-state index in [1.807, 2.05) is 109 Å². The van der Waals surface area contributed by atoms with Crippen molar-refractivity contribution in [3.8, 4) is 32.3 Å². The van der Waals surface area contributed by atoms with E-state index in [-0.39, 0.29) is 21.5 Å². The Bertz CT molecular complexity index is 3770. The molecule has 5 N–H and O–H groups in total. The molecule has 0 aliphatic carbocycles. The van der Waals surface area contributed by atoms with Gasteiger partial charge in [-0.2, -0.15) is 0 Å². The molecule has 0 bridgehead atoms. The lowest BCUT2D eigenvalue weighted by Gasteiger charge is -2.31. The summed E-state index contributed by atoms with van der Waals surface area (Å²) in [6.45, 7) is 12.5. The molecular formula is C75H78BBr3N4O4S3. The highest BCUT2D eigenvalue weighted by Crippen LogP contribution is 2.37. The maximum atomic E-state index is 10.1. The lowest BCUT2D eigenvalue weighted by atomic mass is 9.90. The number of hydrogen-bond acceptors (Lipinski definition) is 11. The Labute approximate surface area is 572 Å². The van der Waals surface area contributed by atoms with Crippen molar-refractivity contribution in [1.82, 2.24) is 9.97 Å². The molecule has 0 atom stereocenters. The van der Waals surface area contributed by atoms with Crippen LogP contribution in [-0.4, -0.2) is 57.2 Å². The van der Waals surface area contributed by atoms with Crippen LogP contribution < -0.4 is 16.1 Å². The molecule has 0 aliphatic rings. The molecule has 12 aromatic rings. The first kappa shape index (κ1) is 75.4. The Hall–Kier alpha value is -7.02. The summed E-state index contributed by atoms with van der Waals surface area (Å²) in [5.41, 5.74) is 18.5. The number of aliphatic hydroxyl groups excluding tert-OH is 1. The number of thiol groups is 1. The van der Waals surface area contributed by atoms with Gasteiger partial charge in [-0.1, -0.05) is 213 Å². The number of thiazole rings is 2. The molecule has 0 saturated carbocycles. The van der Waals surface area contributed by atoms with E-state index in [4.69, 9.17) is 28.9 Å². The van der Waals surface area contributed by atoms with Gasteiger partial charge in [0.1, 0.15) is 24.1 Å². The lowest BCUT2D eigenvalue weighted by Crippen LogP contribution is -2.44. The summed E-state index contributed by atoms with van der Waals surface area (Å²) >= 11 is 17.7.